The number of hydrogen-bond donors (Lipinski definition) is 2. The van der Waals surface area contributed by atoms with E-state index in [0.29, 0.717) is 16.6 Å². The van der Waals surface area contributed by atoms with Crippen molar-refractivity contribution >= 4 is 23.2 Å². The van der Waals surface area contributed by atoms with Crippen molar-refractivity contribution in [1.29, 1.82) is 0 Å². The van der Waals surface area contributed by atoms with Crippen molar-refractivity contribution < 1.29 is 14.8 Å². The Balaban J connectivity index is 1.63. The van der Waals surface area contributed by atoms with Gasteiger partial charge in [0.1, 0.15) is 24.5 Å². The topological polar surface area (TPSA) is 50.0 Å². The number of quaternary nitrogens is 1. The molecule has 2 aromatic carbocycles. The second-order valence-electron chi connectivity index (χ2n) is 6.08. The fourth-order valence-electron chi connectivity index (χ4n) is 2.72. The molecule has 3 rings (SSSR count). The van der Waals surface area contributed by atoms with Crippen LogP contribution in [0.1, 0.15) is 24.4 Å². The smallest absolute Gasteiger partial charge is 0.158 e. The minimum atomic E-state index is -0.526. The zero-order chi connectivity index (χ0) is 17.8. The lowest BCUT2D eigenvalue weighted by molar-refractivity contribution is -0.710. The van der Waals surface area contributed by atoms with E-state index >= 15 is 0 Å². The van der Waals surface area contributed by atoms with Crippen LogP contribution in [0.4, 0.5) is 0 Å². The van der Waals surface area contributed by atoms with Crippen molar-refractivity contribution in [3.63, 3.8) is 0 Å². The number of nitrogens with two attached hydrogens (primary N) is 1. The Kier molecular flexibility index (Phi) is 5.82. The summed E-state index contributed by atoms with van der Waals surface area (Å²) in [4.78, 5) is 0. The third-order valence-corrected chi connectivity index (χ3v) is 4.58. The Morgan fingerprint density at radius 2 is 1.68 bits per heavy atom. The van der Waals surface area contributed by atoms with Gasteiger partial charge in [-0.1, -0.05) is 53.5 Å². The molecule has 25 heavy (non-hydrogen) atoms. The van der Waals surface area contributed by atoms with Gasteiger partial charge < -0.3 is 14.8 Å². The maximum absolute atomic E-state index is 10.4. The highest BCUT2D eigenvalue weighted by Gasteiger charge is 2.19. The average molecular weight is 377 g/mol. The van der Waals surface area contributed by atoms with E-state index in [9.17, 15) is 5.11 Å². The molecule has 5 heteroatoms. The second-order valence-corrected chi connectivity index (χ2v) is 6.95. The average Bonchev–Trinajstić information content (AvgIpc) is 3.08. The van der Waals surface area contributed by atoms with E-state index in [4.69, 9.17) is 27.6 Å². The van der Waals surface area contributed by atoms with Gasteiger partial charge in [-0.15, -0.1) is 0 Å². The molecule has 3 aromatic rings. The maximum Gasteiger partial charge on any atom is 0.158 e. The minimum Gasteiger partial charge on any atom is -0.455 e. The monoisotopic (exact) mass is 376 g/mol. The van der Waals surface area contributed by atoms with Crippen LogP contribution in [-0.4, -0.2) is 11.1 Å². The number of halogens is 2. The molecular formula is C20H20Cl2NO2+. The van der Waals surface area contributed by atoms with Gasteiger partial charge in [-0.2, -0.15) is 0 Å². The van der Waals surface area contributed by atoms with Crippen molar-refractivity contribution in [2.45, 2.75) is 25.6 Å². The molecule has 0 aliphatic carbocycles. The Morgan fingerprint density at radius 1 is 1.00 bits per heavy atom. The van der Waals surface area contributed by atoms with Crippen LogP contribution in [0.25, 0.3) is 11.3 Å². The Labute approximate surface area is 157 Å². The van der Waals surface area contributed by atoms with E-state index in [1.54, 1.807) is 6.07 Å². The molecule has 0 bridgehead atoms. The van der Waals surface area contributed by atoms with Crippen LogP contribution in [0.5, 0.6) is 0 Å². The molecule has 0 aliphatic rings. The lowest BCUT2D eigenvalue weighted by Crippen LogP contribution is -2.88. The predicted octanol–water partition coefficient (Wildman–Crippen LogP) is 4.44. The normalized spacial score (nSPS) is 13.6. The summed E-state index contributed by atoms with van der Waals surface area (Å²) in [7, 11) is 0. The number of furan rings is 1. The van der Waals surface area contributed by atoms with Crippen LogP contribution >= 0.6 is 23.2 Å². The Bertz CT molecular complexity index is 812. The Hall–Kier alpha value is -1.78. The van der Waals surface area contributed by atoms with Gasteiger partial charge in [-0.25, -0.2) is 0 Å². The quantitative estimate of drug-likeness (QED) is 0.667. The van der Waals surface area contributed by atoms with Gasteiger partial charge >= 0.3 is 0 Å². The largest absolute Gasteiger partial charge is 0.455 e. The molecular weight excluding hydrogens is 357 g/mol. The molecule has 2 atom stereocenters. The van der Waals surface area contributed by atoms with E-state index < -0.39 is 6.10 Å². The van der Waals surface area contributed by atoms with Crippen LogP contribution < -0.4 is 5.32 Å². The van der Waals surface area contributed by atoms with E-state index in [-0.39, 0.29) is 6.04 Å². The van der Waals surface area contributed by atoms with Crippen LogP contribution in [0.2, 0.25) is 10.0 Å². The zero-order valence-corrected chi connectivity index (χ0v) is 15.3. The molecule has 0 fully saturated rings. The summed E-state index contributed by atoms with van der Waals surface area (Å²) >= 11 is 12.1. The van der Waals surface area contributed by atoms with E-state index in [1.807, 2.05) is 61.5 Å². The molecule has 1 heterocycles. The molecule has 0 saturated carbocycles. The Morgan fingerprint density at radius 3 is 2.36 bits per heavy atom. The molecule has 3 nitrogen and oxygen atoms in total. The van der Waals surface area contributed by atoms with Gasteiger partial charge in [0, 0.05) is 15.6 Å². The van der Waals surface area contributed by atoms with Crippen LogP contribution in [0.3, 0.4) is 0 Å². The number of benzene rings is 2. The first-order valence-electron chi connectivity index (χ1n) is 8.14. The molecule has 130 valence electrons. The third kappa shape index (κ3) is 4.65. The van der Waals surface area contributed by atoms with Crippen LogP contribution in [0, 0.1) is 0 Å². The zero-order valence-electron chi connectivity index (χ0n) is 13.8. The van der Waals surface area contributed by atoms with Gasteiger partial charge in [0.15, 0.2) is 5.76 Å². The summed E-state index contributed by atoms with van der Waals surface area (Å²) in [5.74, 6) is 1.56. The van der Waals surface area contributed by atoms with Gasteiger partial charge in [-0.3, -0.25) is 0 Å². The van der Waals surface area contributed by atoms with Crippen molar-refractivity contribution in [1.82, 2.24) is 0 Å². The summed E-state index contributed by atoms with van der Waals surface area (Å²) in [5, 5.41) is 13.6. The summed E-state index contributed by atoms with van der Waals surface area (Å²) in [6, 6.07) is 18.9. The molecule has 3 N–H and O–H groups in total. The third-order valence-electron chi connectivity index (χ3n) is 4.14. The van der Waals surface area contributed by atoms with Crippen LogP contribution in [0.15, 0.2) is 65.1 Å². The summed E-state index contributed by atoms with van der Waals surface area (Å²) < 4.78 is 5.89. The molecule has 0 amide bonds. The number of hydrogen-bond acceptors (Lipinski definition) is 2. The highest BCUT2D eigenvalue weighted by atomic mass is 35.5. The van der Waals surface area contributed by atoms with Crippen LogP contribution in [-0.2, 0) is 6.54 Å². The molecule has 0 saturated heterocycles. The fraction of sp³-hybridized carbons (Fsp3) is 0.200. The SMILES string of the molecule is C[C@@H]([NH2+]Cc1ccc(-c2cc(Cl)cc(Cl)c2)o1)[C@H](O)c1ccccc1. The van der Waals surface area contributed by atoms with Gasteiger partial charge in [0.2, 0.25) is 0 Å². The van der Waals surface area contributed by atoms with Gasteiger partial charge in [0.25, 0.3) is 0 Å². The van der Waals surface area contributed by atoms with Gasteiger partial charge in [0.05, 0.1) is 0 Å². The lowest BCUT2D eigenvalue weighted by atomic mass is 10.0. The second kappa shape index (κ2) is 8.07. The van der Waals surface area contributed by atoms with E-state index in [1.165, 1.54) is 0 Å². The molecule has 0 aliphatic heterocycles. The standard InChI is InChI=1S/C20H19Cl2NO2/c1-13(20(24)14-5-3-2-4-6-14)23-12-18-7-8-19(25-18)15-9-16(21)11-17(22)10-15/h2-11,13,20,23-24H,12H2,1H3/p+1/t13-,20+/m1/s1. The van der Waals surface area contributed by atoms with Crippen molar-refractivity contribution in [2.75, 3.05) is 0 Å². The lowest BCUT2D eigenvalue weighted by Gasteiger charge is -2.17. The van der Waals surface area contributed by atoms with E-state index in [0.717, 1.165) is 22.6 Å². The fourth-order valence-corrected chi connectivity index (χ4v) is 3.25. The first-order valence-corrected chi connectivity index (χ1v) is 8.90. The summed E-state index contributed by atoms with van der Waals surface area (Å²) in [6.45, 7) is 2.64. The maximum atomic E-state index is 10.4. The number of aliphatic hydroxyl groups is 1. The summed E-state index contributed by atoms with van der Waals surface area (Å²) in [6.07, 6.45) is -0.526. The molecule has 1 aromatic heterocycles. The van der Waals surface area contributed by atoms with Crippen molar-refractivity contribution in [3.8, 4) is 11.3 Å². The molecule has 0 unspecified atom stereocenters. The minimum absolute atomic E-state index is 0.0107. The van der Waals surface area contributed by atoms with Crippen molar-refractivity contribution in [3.05, 3.63) is 82.0 Å². The molecule has 0 spiro atoms. The van der Waals surface area contributed by atoms with E-state index in [2.05, 4.69) is 5.32 Å². The van der Waals surface area contributed by atoms with Crippen molar-refractivity contribution in [2.24, 2.45) is 0 Å². The molecule has 0 radical (unpaired) electrons. The predicted molar refractivity (Wildman–Crippen MR) is 101 cm³/mol. The first kappa shape index (κ1) is 18.0. The number of aliphatic hydroxyl groups excluding tert-OH is 1. The summed E-state index contributed by atoms with van der Waals surface area (Å²) in [5.41, 5.74) is 1.76. The highest BCUT2D eigenvalue weighted by Crippen LogP contribution is 2.28. The number of rotatable bonds is 6. The first-order chi connectivity index (χ1) is 12.0. The highest BCUT2D eigenvalue weighted by molar-refractivity contribution is 6.35. The van der Waals surface area contributed by atoms with Gasteiger partial charge in [-0.05, 0) is 42.8 Å².